The van der Waals surface area contributed by atoms with E-state index < -0.39 is 12.1 Å². The fourth-order valence-electron chi connectivity index (χ4n) is 2.92. The lowest BCUT2D eigenvalue weighted by Gasteiger charge is -2.14. The number of anilines is 1. The Balaban J connectivity index is 1.45. The maximum atomic E-state index is 12.6. The van der Waals surface area contributed by atoms with Crippen LogP contribution in [0.1, 0.15) is 26.2 Å². The predicted octanol–water partition coefficient (Wildman–Crippen LogP) is 2.96. The molecule has 7 heteroatoms. The lowest BCUT2D eigenvalue weighted by Crippen LogP contribution is -2.46. The quantitative estimate of drug-likeness (QED) is 0.635. The van der Waals surface area contributed by atoms with Crippen LogP contribution in [0.15, 0.2) is 66.7 Å². The normalized spacial score (nSPS) is 16.9. The lowest BCUT2D eigenvalue weighted by atomic mass is 10.1. The van der Waals surface area contributed by atoms with Gasteiger partial charge in [0.25, 0.3) is 11.8 Å². The van der Waals surface area contributed by atoms with E-state index in [-0.39, 0.29) is 18.4 Å². The predicted molar refractivity (Wildman–Crippen MR) is 107 cm³/mol. The number of amides is 2. The van der Waals surface area contributed by atoms with Gasteiger partial charge in [-0.1, -0.05) is 42.5 Å². The van der Waals surface area contributed by atoms with Gasteiger partial charge >= 0.3 is 0 Å². The number of hydrogen-bond donors (Lipinski definition) is 3. The molecule has 1 unspecified atom stereocenters. The molecule has 4 rings (SSSR count). The molecule has 3 aromatic rings. The molecule has 2 amide bonds. The highest BCUT2D eigenvalue weighted by Crippen LogP contribution is 2.29. The zero-order chi connectivity index (χ0) is 19.5. The molecule has 28 heavy (non-hydrogen) atoms. The van der Waals surface area contributed by atoms with Gasteiger partial charge in [-0.2, -0.15) is 0 Å². The third-order valence-corrected chi connectivity index (χ3v) is 5.54. The van der Waals surface area contributed by atoms with Gasteiger partial charge in [0, 0.05) is 4.88 Å². The Morgan fingerprint density at radius 3 is 2.68 bits per heavy atom. The van der Waals surface area contributed by atoms with Crippen molar-refractivity contribution in [3.05, 3.63) is 82.0 Å². The third-order valence-electron chi connectivity index (χ3n) is 4.41. The summed E-state index contributed by atoms with van der Waals surface area (Å²) in [6, 6.07) is 18.9. The minimum atomic E-state index is -0.815. The first kappa shape index (κ1) is 18.2. The van der Waals surface area contributed by atoms with E-state index in [4.69, 9.17) is 4.74 Å². The van der Waals surface area contributed by atoms with Gasteiger partial charge in [-0.3, -0.25) is 9.59 Å². The van der Waals surface area contributed by atoms with Gasteiger partial charge < -0.3 is 20.5 Å². The van der Waals surface area contributed by atoms with Crippen LogP contribution >= 0.6 is 11.3 Å². The second kappa shape index (κ2) is 7.84. The summed E-state index contributed by atoms with van der Waals surface area (Å²) in [5.41, 5.74) is 1.33. The number of rotatable bonds is 4. The van der Waals surface area contributed by atoms with Crippen molar-refractivity contribution >= 4 is 28.8 Å². The standard InChI is InChI=1S/C21H18N2O4S/c24-19(13-6-2-1-3-7-13)17-10-11-18(28-17)21(26)23-15-12-27-16-9-5-4-8-14(16)22-20(15)25/h1-11,15,19,24H,12H2,(H,22,25)(H,23,26)/t15-,19?/m0/s1. The first-order valence-electron chi connectivity index (χ1n) is 8.78. The molecular weight excluding hydrogens is 376 g/mol. The van der Waals surface area contributed by atoms with Crippen LogP contribution in [-0.2, 0) is 4.79 Å². The fourth-order valence-corrected chi connectivity index (χ4v) is 3.85. The second-order valence-electron chi connectivity index (χ2n) is 6.34. The van der Waals surface area contributed by atoms with Crippen LogP contribution in [0.25, 0.3) is 0 Å². The van der Waals surface area contributed by atoms with Crippen molar-refractivity contribution in [2.75, 3.05) is 11.9 Å². The summed E-state index contributed by atoms with van der Waals surface area (Å²) in [5, 5.41) is 15.9. The van der Waals surface area contributed by atoms with E-state index in [0.717, 1.165) is 5.56 Å². The summed E-state index contributed by atoms with van der Waals surface area (Å²) >= 11 is 1.19. The highest BCUT2D eigenvalue weighted by molar-refractivity contribution is 7.14. The average Bonchev–Trinajstić information content (AvgIpc) is 3.16. The number of thiophene rings is 1. The Hall–Kier alpha value is -3.16. The second-order valence-corrected chi connectivity index (χ2v) is 7.45. The van der Waals surface area contributed by atoms with Gasteiger partial charge in [0.2, 0.25) is 0 Å². The number of fused-ring (bicyclic) bond motifs is 1. The zero-order valence-electron chi connectivity index (χ0n) is 14.8. The van der Waals surface area contributed by atoms with E-state index in [1.807, 2.05) is 36.4 Å². The number of aliphatic hydroxyl groups is 1. The van der Waals surface area contributed by atoms with E-state index in [1.165, 1.54) is 11.3 Å². The Kier molecular flexibility index (Phi) is 5.10. The van der Waals surface area contributed by atoms with Crippen LogP contribution in [0.5, 0.6) is 5.75 Å². The Morgan fingerprint density at radius 1 is 1.11 bits per heavy atom. The van der Waals surface area contributed by atoms with Crippen molar-refractivity contribution < 1.29 is 19.4 Å². The summed E-state index contributed by atoms with van der Waals surface area (Å²) in [6.07, 6.45) is -0.799. The summed E-state index contributed by atoms with van der Waals surface area (Å²) in [4.78, 5) is 26.1. The molecule has 1 aromatic heterocycles. The highest BCUT2D eigenvalue weighted by atomic mass is 32.1. The van der Waals surface area contributed by atoms with Crippen molar-refractivity contribution in [1.29, 1.82) is 0 Å². The minimum absolute atomic E-state index is 0.0411. The van der Waals surface area contributed by atoms with Crippen LogP contribution in [0.4, 0.5) is 5.69 Å². The summed E-state index contributed by atoms with van der Waals surface area (Å²) in [6.45, 7) is 0.0411. The molecular formula is C21H18N2O4S. The number of benzene rings is 2. The monoisotopic (exact) mass is 394 g/mol. The summed E-state index contributed by atoms with van der Waals surface area (Å²) in [5.74, 6) is -0.150. The lowest BCUT2D eigenvalue weighted by molar-refractivity contribution is -0.118. The molecule has 0 spiro atoms. The Bertz CT molecular complexity index is 1000. The molecule has 2 heterocycles. The van der Waals surface area contributed by atoms with E-state index in [2.05, 4.69) is 10.6 Å². The van der Waals surface area contributed by atoms with Gasteiger partial charge in [0.1, 0.15) is 24.5 Å². The van der Waals surface area contributed by atoms with Gasteiger partial charge in [0.15, 0.2) is 0 Å². The molecule has 0 bridgehead atoms. The molecule has 0 fully saturated rings. The Morgan fingerprint density at radius 2 is 1.86 bits per heavy atom. The molecule has 1 aliphatic rings. The Labute approximate surface area is 165 Å². The molecule has 1 aliphatic heterocycles. The average molecular weight is 394 g/mol. The number of aliphatic hydroxyl groups excluding tert-OH is 1. The number of nitrogens with one attached hydrogen (secondary N) is 2. The molecule has 3 N–H and O–H groups in total. The van der Waals surface area contributed by atoms with Crippen LogP contribution in [0.3, 0.4) is 0 Å². The van der Waals surface area contributed by atoms with Gasteiger partial charge in [-0.05, 0) is 29.8 Å². The van der Waals surface area contributed by atoms with Gasteiger partial charge in [-0.25, -0.2) is 0 Å². The number of hydrogen-bond acceptors (Lipinski definition) is 5. The molecule has 0 radical (unpaired) electrons. The SMILES string of the molecule is O=C(N[C@H]1COc2ccccc2NC1=O)c1ccc(C(O)c2ccccc2)s1. The van der Waals surface area contributed by atoms with Crippen LogP contribution < -0.4 is 15.4 Å². The molecule has 0 saturated carbocycles. The smallest absolute Gasteiger partial charge is 0.262 e. The van der Waals surface area contributed by atoms with Crippen molar-refractivity contribution in [3.8, 4) is 5.75 Å². The zero-order valence-corrected chi connectivity index (χ0v) is 15.6. The third kappa shape index (κ3) is 3.76. The van der Waals surface area contributed by atoms with E-state index in [1.54, 1.807) is 30.3 Å². The van der Waals surface area contributed by atoms with Crippen molar-refractivity contribution in [2.24, 2.45) is 0 Å². The molecule has 0 saturated heterocycles. The van der Waals surface area contributed by atoms with E-state index in [9.17, 15) is 14.7 Å². The largest absolute Gasteiger partial charge is 0.489 e. The molecule has 2 aromatic carbocycles. The van der Waals surface area contributed by atoms with Crippen LogP contribution in [-0.4, -0.2) is 29.6 Å². The minimum Gasteiger partial charge on any atom is -0.489 e. The van der Waals surface area contributed by atoms with Crippen molar-refractivity contribution in [3.63, 3.8) is 0 Å². The fraction of sp³-hybridized carbons (Fsp3) is 0.143. The topological polar surface area (TPSA) is 87.7 Å². The highest BCUT2D eigenvalue weighted by Gasteiger charge is 2.27. The van der Waals surface area contributed by atoms with Crippen LogP contribution in [0.2, 0.25) is 0 Å². The van der Waals surface area contributed by atoms with Crippen molar-refractivity contribution in [1.82, 2.24) is 5.32 Å². The maximum Gasteiger partial charge on any atom is 0.262 e. The molecule has 0 aliphatic carbocycles. The number of para-hydroxylation sites is 2. The first-order chi connectivity index (χ1) is 13.6. The molecule has 2 atom stereocenters. The van der Waals surface area contributed by atoms with Gasteiger partial charge in [-0.15, -0.1) is 11.3 Å². The van der Waals surface area contributed by atoms with Crippen LogP contribution in [0, 0.1) is 0 Å². The molecule has 142 valence electrons. The van der Waals surface area contributed by atoms with Crippen molar-refractivity contribution in [2.45, 2.75) is 12.1 Å². The van der Waals surface area contributed by atoms with E-state index >= 15 is 0 Å². The summed E-state index contributed by atoms with van der Waals surface area (Å²) in [7, 11) is 0. The molecule has 6 nitrogen and oxygen atoms in total. The summed E-state index contributed by atoms with van der Waals surface area (Å²) < 4.78 is 5.63. The van der Waals surface area contributed by atoms with E-state index in [0.29, 0.717) is 21.2 Å². The number of carbonyl (C=O) groups is 2. The first-order valence-corrected chi connectivity index (χ1v) is 9.60. The number of carbonyl (C=O) groups excluding carboxylic acids is 2. The number of ether oxygens (including phenoxy) is 1. The maximum absolute atomic E-state index is 12.6. The van der Waals surface area contributed by atoms with Gasteiger partial charge in [0.05, 0.1) is 10.6 Å².